The molecule has 0 amide bonds. The van der Waals surface area contributed by atoms with Crippen molar-refractivity contribution in [1.82, 2.24) is 0 Å². The van der Waals surface area contributed by atoms with E-state index in [0.29, 0.717) is 18.6 Å². The van der Waals surface area contributed by atoms with Crippen LogP contribution in [0.3, 0.4) is 0 Å². The molecule has 0 N–H and O–H groups in total. The van der Waals surface area contributed by atoms with Gasteiger partial charge in [-0.3, -0.25) is 4.79 Å². The van der Waals surface area contributed by atoms with Gasteiger partial charge in [0.15, 0.2) is 0 Å². The fourth-order valence-electron chi connectivity index (χ4n) is 1.37. The second kappa shape index (κ2) is 9.38. The summed E-state index contributed by atoms with van der Waals surface area (Å²) >= 11 is 0. The SMILES string of the molecule is CCC(C)=CCCC(=O)CCC=C(C)CC. The molecule has 0 heterocycles. The van der Waals surface area contributed by atoms with Crippen LogP contribution >= 0.6 is 0 Å². The first kappa shape index (κ1) is 15.2. The number of allylic oxidation sites excluding steroid dienone is 4. The monoisotopic (exact) mass is 222 g/mol. The highest BCUT2D eigenvalue weighted by molar-refractivity contribution is 5.78. The zero-order chi connectivity index (χ0) is 12.4. The first-order chi connectivity index (χ1) is 7.60. The zero-order valence-corrected chi connectivity index (χ0v) is 11.3. The highest BCUT2D eigenvalue weighted by Gasteiger charge is 1.99. The van der Waals surface area contributed by atoms with Gasteiger partial charge in [0.25, 0.3) is 0 Å². The molecule has 0 bridgehead atoms. The molecule has 0 rings (SSSR count). The van der Waals surface area contributed by atoms with Crippen LogP contribution in [0.25, 0.3) is 0 Å². The molecular formula is C15H26O. The number of hydrogen-bond acceptors (Lipinski definition) is 1. The topological polar surface area (TPSA) is 17.1 Å². The van der Waals surface area contributed by atoms with E-state index in [4.69, 9.17) is 0 Å². The molecule has 1 heteroatoms. The zero-order valence-electron chi connectivity index (χ0n) is 11.3. The number of rotatable bonds is 8. The van der Waals surface area contributed by atoms with Crippen LogP contribution in [0.1, 0.15) is 66.2 Å². The molecule has 1 nitrogen and oxygen atoms in total. The van der Waals surface area contributed by atoms with Gasteiger partial charge in [-0.05, 0) is 39.5 Å². The molecule has 0 atom stereocenters. The van der Waals surface area contributed by atoms with Crippen molar-refractivity contribution < 1.29 is 4.79 Å². The van der Waals surface area contributed by atoms with Gasteiger partial charge in [-0.15, -0.1) is 0 Å². The summed E-state index contributed by atoms with van der Waals surface area (Å²) in [5, 5.41) is 0. The Kier molecular flexibility index (Phi) is 8.88. The summed E-state index contributed by atoms with van der Waals surface area (Å²) in [6, 6.07) is 0. The van der Waals surface area contributed by atoms with Crippen LogP contribution in [0.4, 0.5) is 0 Å². The summed E-state index contributed by atoms with van der Waals surface area (Å²) in [4.78, 5) is 11.5. The van der Waals surface area contributed by atoms with E-state index >= 15 is 0 Å². The summed E-state index contributed by atoms with van der Waals surface area (Å²) in [5.41, 5.74) is 2.77. The van der Waals surface area contributed by atoms with E-state index in [2.05, 4.69) is 39.8 Å². The molecule has 0 aromatic heterocycles. The molecule has 16 heavy (non-hydrogen) atoms. The Morgan fingerprint density at radius 2 is 1.25 bits per heavy atom. The van der Waals surface area contributed by atoms with Crippen molar-refractivity contribution in [1.29, 1.82) is 0 Å². The Labute approximate surface area is 101 Å². The number of hydrogen-bond donors (Lipinski definition) is 0. The van der Waals surface area contributed by atoms with E-state index < -0.39 is 0 Å². The largest absolute Gasteiger partial charge is 0.300 e. The first-order valence-electron chi connectivity index (χ1n) is 6.43. The Balaban J connectivity index is 3.68. The highest BCUT2D eigenvalue weighted by Crippen LogP contribution is 2.07. The third kappa shape index (κ3) is 8.46. The predicted octanol–water partition coefficient (Wildman–Crippen LogP) is 4.83. The van der Waals surface area contributed by atoms with E-state index in [1.54, 1.807) is 0 Å². The minimum atomic E-state index is 0.389. The fourth-order valence-corrected chi connectivity index (χ4v) is 1.37. The van der Waals surface area contributed by atoms with E-state index in [-0.39, 0.29) is 0 Å². The van der Waals surface area contributed by atoms with Gasteiger partial charge in [0.05, 0.1) is 0 Å². The molecule has 0 saturated carbocycles. The molecule has 0 aromatic carbocycles. The minimum Gasteiger partial charge on any atom is -0.300 e. The third-order valence-corrected chi connectivity index (χ3v) is 2.95. The Morgan fingerprint density at radius 1 is 0.875 bits per heavy atom. The normalized spacial score (nSPS) is 13.0. The van der Waals surface area contributed by atoms with Gasteiger partial charge < -0.3 is 0 Å². The van der Waals surface area contributed by atoms with Crippen molar-refractivity contribution >= 4 is 5.78 Å². The van der Waals surface area contributed by atoms with Crippen molar-refractivity contribution in [3.8, 4) is 0 Å². The Hall–Kier alpha value is -0.850. The Morgan fingerprint density at radius 3 is 1.56 bits per heavy atom. The maximum Gasteiger partial charge on any atom is 0.133 e. The number of ketones is 1. The highest BCUT2D eigenvalue weighted by atomic mass is 16.1. The maximum atomic E-state index is 11.5. The van der Waals surface area contributed by atoms with Gasteiger partial charge in [-0.1, -0.05) is 37.1 Å². The second-order valence-corrected chi connectivity index (χ2v) is 4.42. The van der Waals surface area contributed by atoms with E-state index in [0.717, 1.165) is 25.7 Å². The van der Waals surface area contributed by atoms with Gasteiger partial charge in [-0.25, -0.2) is 0 Å². The van der Waals surface area contributed by atoms with E-state index in [9.17, 15) is 4.79 Å². The van der Waals surface area contributed by atoms with Gasteiger partial charge >= 0.3 is 0 Å². The number of carbonyl (C=O) groups is 1. The molecule has 0 aliphatic rings. The van der Waals surface area contributed by atoms with E-state index in [1.807, 2.05) is 0 Å². The van der Waals surface area contributed by atoms with Gasteiger partial charge in [0.1, 0.15) is 5.78 Å². The summed E-state index contributed by atoms with van der Waals surface area (Å²) in [6.07, 6.45) is 9.78. The lowest BCUT2D eigenvalue weighted by molar-refractivity contribution is -0.118. The molecule has 0 aliphatic heterocycles. The quantitative estimate of drug-likeness (QED) is 0.538. The number of Topliss-reactive ketones (excluding diaryl/α,β-unsaturated/α-hetero) is 1. The molecule has 0 saturated heterocycles. The lowest BCUT2D eigenvalue weighted by Crippen LogP contribution is -1.96. The van der Waals surface area contributed by atoms with Gasteiger partial charge in [0.2, 0.25) is 0 Å². The van der Waals surface area contributed by atoms with Crippen LogP contribution in [0.2, 0.25) is 0 Å². The van der Waals surface area contributed by atoms with Crippen LogP contribution in [-0.4, -0.2) is 5.78 Å². The molecule has 0 fully saturated rings. The fraction of sp³-hybridized carbons (Fsp3) is 0.667. The summed E-state index contributed by atoms with van der Waals surface area (Å²) in [5.74, 6) is 0.389. The maximum absolute atomic E-state index is 11.5. The third-order valence-electron chi connectivity index (χ3n) is 2.95. The van der Waals surface area contributed by atoms with E-state index in [1.165, 1.54) is 11.1 Å². The molecule has 0 radical (unpaired) electrons. The van der Waals surface area contributed by atoms with Crippen LogP contribution in [0.15, 0.2) is 23.3 Å². The molecule has 0 aliphatic carbocycles. The smallest absolute Gasteiger partial charge is 0.133 e. The predicted molar refractivity (Wildman–Crippen MR) is 71.6 cm³/mol. The first-order valence-corrected chi connectivity index (χ1v) is 6.43. The average Bonchev–Trinajstić information content (AvgIpc) is 2.28. The van der Waals surface area contributed by atoms with Crippen LogP contribution < -0.4 is 0 Å². The molecule has 92 valence electrons. The molecule has 0 unspecified atom stereocenters. The van der Waals surface area contributed by atoms with Crippen molar-refractivity contribution in [2.24, 2.45) is 0 Å². The van der Waals surface area contributed by atoms with Crippen molar-refractivity contribution in [2.45, 2.75) is 66.2 Å². The Bertz CT molecular complexity index is 233. The summed E-state index contributed by atoms with van der Waals surface area (Å²) in [7, 11) is 0. The van der Waals surface area contributed by atoms with Gasteiger partial charge in [0, 0.05) is 12.8 Å². The van der Waals surface area contributed by atoms with Crippen molar-refractivity contribution in [3.05, 3.63) is 23.3 Å². The number of carbonyl (C=O) groups excluding carboxylic acids is 1. The molecule has 0 spiro atoms. The summed E-state index contributed by atoms with van der Waals surface area (Å²) in [6.45, 7) is 8.54. The summed E-state index contributed by atoms with van der Waals surface area (Å²) < 4.78 is 0. The van der Waals surface area contributed by atoms with Crippen molar-refractivity contribution in [3.63, 3.8) is 0 Å². The lowest BCUT2D eigenvalue weighted by atomic mass is 10.1. The standard InChI is InChI=1S/C15H26O/c1-5-13(3)9-7-11-15(16)12-8-10-14(4)6-2/h9-10H,5-8,11-12H2,1-4H3. The molecule has 0 aromatic rings. The van der Waals surface area contributed by atoms with Crippen molar-refractivity contribution in [2.75, 3.05) is 0 Å². The average molecular weight is 222 g/mol. The van der Waals surface area contributed by atoms with Crippen LogP contribution in [0, 0.1) is 0 Å². The second-order valence-electron chi connectivity index (χ2n) is 4.42. The van der Waals surface area contributed by atoms with Crippen LogP contribution in [-0.2, 0) is 4.79 Å². The molecular weight excluding hydrogens is 196 g/mol. The van der Waals surface area contributed by atoms with Gasteiger partial charge in [-0.2, -0.15) is 0 Å². The minimum absolute atomic E-state index is 0.389. The van der Waals surface area contributed by atoms with Crippen LogP contribution in [0.5, 0.6) is 0 Å². The lowest BCUT2D eigenvalue weighted by Gasteiger charge is -1.99.